The van der Waals surface area contributed by atoms with Gasteiger partial charge in [0.1, 0.15) is 0 Å². The van der Waals surface area contributed by atoms with Crippen LogP contribution in [0.1, 0.15) is 6.42 Å². The Labute approximate surface area is 92.3 Å². The average molecular weight is 224 g/mol. The Morgan fingerprint density at radius 2 is 2.25 bits per heavy atom. The number of benzene rings is 1. The molecule has 2 rings (SSSR count). The van der Waals surface area contributed by atoms with E-state index in [1.807, 2.05) is 0 Å². The van der Waals surface area contributed by atoms with Crippen LogP contribution in [0.3, 0.4) is 0 Å². The van der Waals surface area contributed by atoms with Crippen molar-refractivity contribution >= 4 is 11.6 Å². The van der Waals surface area contributed by atoms with Crippen molar-refractivity contribution in [3.63, 3.8) is 0 Å². The average Bonchev–Trinajstić information content (AvgIpc) is 2.22. The first-order valence-corrected chi connectivity index (χ1v) is 4.93. The molecule has 1 aromatic carbocycles. The quantitative estimate of drug-likeness (QED) is 0.635. The molecule has 0 saturated heterocycles. The number of anilines is 1. The number of rotatable bonds is 2. The Morgan fingerprint density at radius 3 is 2.94 bits per heavy atom. The summed E-state index contributed by atoms with van der Waals surface area (Å²) >= 11 is 0. The summed E-state index contributed by atoms with van der Waals surface area (Å²) in [5, 5.41) is 2.81. The van der Waals surface area contributed by atoms with E-state index >= 15 is 0 Å². The van der Waals surface area contributed by atoms with Crippen LogP contribution < -0.4 is 21.5 Å². The van der Waals surface area contributed by atoms with Gasteiger partial charge >= 0.3 is 0 Å². The van der Waals surface area contributed by atoms with E-state index in [0.717, 1.165) is 0 Å². The minimum Gasteiger partial charge on any atom is -0.468 e. The van der Waals surface area contributed by atoms with Crippen LogP contribution in [0, 0.1) is 5.82 Å². The summed E-state index contributed by atoms with van der Waals surface area (Å²) in [6.07, 6.45) is 0.292. The summed E-state index contributed by atoms with van der Waals surface area (Å²) in [4.78, 5) is 3.95. The Hall–Kier alpha value is -1.98. The van der Waals surface area contributed by atoms with E-state index in [0.29, 0.717) is 24.6 Å². The molecule has 5 nitrogen and oxygen atoms in total. The largest absolute Gasteiger partial charge is 0.468 e. The predicted molar refractivity (Wildman–Crippen MR) is 59.5 cm³/mol. The lowest BCUT2D eigenvalue weighted by molar-refractivity contribution is 0.166. The molecule has 1 aliphatic rings. The Morgan fingerprint density at radius 1 is 1.44 bits per heavy atom. The van der Waals surface area contributed by atoms with Gasteiger partial charge in [0.15, 0.2) is 23.8 Å². The lowest BCUT2D eigenvalue weighted by atomic mass is 10.3. The second-order valence-corrected chi connectivity index (χ2v) is 3.50. The van der Waals surface area contributed by atoms with E-state index in [1.54, 1.807) is 6.07 Å². The Bertz CT molecular complexity index is 421. The van der Waals surface area contributed by atoms with Crippen LogP contribution >= 0.6 is 0 Å². The molecule has 1 aromatic rings. The Balaban J connectivity index is 2.06. The van der Waals surface area contributed by atoms with Crippen LogP contribution in [0.15, 0.2) is 23.2 Å². The second-order valence-electron chi connectivity index (χ2n) is 3.50. The van der Waals surface area contributed by atoms with Crippen molar-refractivity contribution in [3.05, 3.63) is 24.0 Å². The number of nitrogen functional groups attached to an aromatic ring is 1. The van der Waals surface area contributed by atoms with Gasteiger partial charge in [-0.1, -0.05) is 0 Å². The molecule has 0 saturated carbocycles. The van der Waals surface area contributed by atoms with Gasteiger partial charge in [0.05, 0.1) is 0 Å². The summed E-state index contributed by atoms with van der Waals surface area (Å²) in [5.41, 5.74) is 11.3. The third kappa shape index (κ3) is 2.33. The van der Waals surface area contributed by atoms with Gasteiger partial charge in [-0.2, -0.15) is 0 Å². The first-order chi connectivity index (χ1) is 7.65. The van der Waals surface area contributed by atoms with Gasteiger partial charge < -0.3 is 21.5 Å². The van der Waals surface area contributed by atoms with E-state index < -0.39 is 5.82 Å². The first-order valence-electron chi connectivity index (χ1n) is 4.93. The number of hydrogen-bond acceptors (Lipinski definition) is 5. The van der Waals surface area contributed by atoms with E-state index in [2.05, 4.69) is 10.3 Å². The summed E-state index contributed by atoms with van der Waals surface area (Å²) in [5.74, 6) is -0.0172. The highest BCUT2D eigenvalue weighted by atomic mass is 19.1. The van der Waals surface area contributed by atoms with Gasteiger partial charge in [0, 0.05) is 24.7 Å². The fourth-order valence-corrected chi connectivity index (χ4v) is 1.44. The van der Waals surface area contributed by atoms with Gasteiger partial charge in [-0.3, -0.25) is 4.99 Å². The smallest absolute Gasteiger partial charge is 0.191 e. The van der Waals surface area contributed by atoms with Crippen molar-refractivity contribution in [1.29, 1.82) is 0 Å². The maximum atomic E-state index is 13.4. The fraction of sp³-hybridized carbons (Fsp3) is 0.300. The standard InChI is InChI=1S/C10H13FN4O/c11-7-5-6(12)1-2-8(7)16-9-3-4-14-10(13)15-9/h1-2,5,9H,3-4,12H2,(H3,13,14,15). The van der Waals surface area contributed by atoms with Crippen molar-refractivity contribution in [2.75, 3.05) is 12.3 Å². The Kier molecular flexibility index (Phi) is 2.80. The van der Waals surface area contributed by atoms with Gasteiger partial charge in [-0.25, -0.2) is 4.39 Å². The lowest BCUT2D eigenvalue weighted by Gasteiger charge is -2.23. The molecule has 0 spiro atoms. The molecule has 5 N–H and O–H groups in total. The third-order valence-electron chi connectivity index (χ3n) is 2.21. The van der Waals surface area contributed by atoms with Crippen molar-refractivity contribution in [2.24, 2.45) is 10.7 Å². The van der Waals surface area contributed by atoms with Crippen LogP contribution in [0.25, 0.3) is 0 Å². The van der Waals surface area contributed by atoms with Crippen molar-refractivity contribution in [2.45, 2.75) is 12.6 Å². The van der Waals surface area contributed by atoms with Crippen LogP contribution in [-0.4, -0.2) is 18.7 Å². The summed E-state index contributed by atoms with van der Waals surface area (Å²) in [6, 6.07) is 4.29. The van der Waals surface area contributed by atoms with Crippen LogP contribution in [0.5, 0.6) is 5.75 Å². The molecule has 0 radical (unpaired) electrons. The lowest BCUT2D eigenvalue weighted by Crippen LogP contribution is -2.46. The molecule has 1 unspecified atom stereocenters. The first kappa shape index (κ1) is 10.5. The molecule has 0 aliphatic carbocycles. The molecule has 1 atom stereocenters. The van der Waals surface area contributed by atoms with Crippen LogP contribution in [0.4, 0.5) is 10.1 Å². The summed E-state index contributed by atoms with van der Waals surface area (Å²) in [6.45, 7) is 0.570. The zero-order valence-corrected chi connectivity index (χ0v) is 8.61. The van der Waals surface area contributed by atoms with Crippen LogP contribution in [0.2, 0.25) is 0 Å². The second kappa shape index (κ2) is 4.26. The maximum absolute atomic E-state index is 13.4. The summed E-state index contributed by atoms with van der Waals surface area (Å²) in [7, 11) is 0. The number of guanidine groups is 1. The molecular formula is C10H13FN4O. The van der Waals surface area contributed by atoms with Gasteiger partial charge in [0.25, 0.3) is 0 Å². The number of aliphatic imine (C=N–C) groups is 1. The number of nitrogens with two attached hydrogens (primary N) is 2. The molecule has 1 aliphatic heterocycles. The highest BCUT2D eigenvalue weighted by Crippen LogP contribution is 2.21. The van der Waals surface area contributed by atoms with Gasteiger partial charge in [-0.05, 0) is 12.1 Å². The van der Waals surface area contributed by atoms with E-state index in [1.165, 1.54) is 12.1 Å². The number of ether oxygens (including phenoxy) is 1. The van der Waals surface area contributed by atoms with E-state index in [-0.39, 0.29) is 12.0 Å². The molecule has 0 bridgehead atoms. The maximum Gasteiger partial charge on any atom is 0.191 e. The molecule has 0 amide bonds. The highest BCUT2D eigenvalue weighted by molar-refractivity contribution is 5.78. The number of nitrogens with zero attached hydrogens (tertiary/aromatic N) is 1. The molecule has 1 heterocycles. The topological polar surface area (TPSA) is 85.7 Å². The van der Waals surface area contributed by atoms with Gasteiger partial charge in [0.2, 0.25) is 0 Å². The fourth-order valence-electron chi connectivity index (χ4n) is 1.44. The van der Waals surface area contributed by atoms with E-state index in [4.69, 9.17) is 16.2 Å². The molecule has 0 fully saturated rings. The minimum atomic E-state index is -0.483. The highest BCUT2D eigenvalue weighted by Gasteiger charge is 2.16. The SMILES string of the molecule is NC1=NCCC(Oc2ccc(N)cc2F)N1. The zero-order valence-electron chi connectivity index (χ0n) is 8.61. The number of hydrogen-bond donors (Lipinski definition) is 3. The third-order valence-corrected chi connectivity index (χ3v) is 2.21. The molecule has 0 aromatic heterocycles. The van der Waals surface area contributed by atoms with Crippen molar-refractivity contribution in [1.82, 2.24) is 5.32 Å². The van der Waals surface area contributed by atoms with E-state index in [9.17, 15) is 4.39 Å². The van der Waals surface area contributed by atoms with Gasteiger partial charge in [-0.15, -0.1) is 0 Å². The normalized spacial score (nSPS) is 19.8. The van der Waals surface area contributed by atoms with Crippen LogP contribution in [-0.2, 0) is 0 Å². The van der Waals surface area contributed by atoms with Crippen molar-refractivity contribution in [3.8, 4) is 5.75 Å². The summed E-state index contributed by atoms with van der Waals surface area (Å²) < 4.78 is 18.8. The molecular weight excluding hydrogens is 211 g/mol. The number of nitrogens with one attached hydrogen (secondary N) is 1. The van der Waals surface area contributed by atoms with Crippen molar-refractivity contribution < 1.29 is 9.13 Å². The predicted octanol–water partition coefficient (Wildman–Crippen LogP) is 0.421. The monoisotopic (exact) mass is 224 g/mol. The molecule has 6 heteroatoms. The zero-order chi connectivity index (χ0) is 11.5. The molecule has 16 heavy (non-hydrogen) atoms. The minimum absolute atomic E-state index is 0.154. The molecule has 86 valence electrons. The number of halogens is 1.